The van der Waals surface area contributed by atoms with Crippen LogP contribution in [0, 0.1) is 17.2 Å². The molecule has 1 aliphatic rings. The summed E-state index contributed by atoms with van der Waals surface area (Å²) < 4.78 is 0. The zero-order valence-electron chi connectivity index (χ0n) is 9.32. The Morgan fingerprint density at radius 1 is 1.47 bits per heavy atom. The van der Waals surface area contributed by atoms with E-state index in [4.69, 9.17) is 16.9 Å². The number of nitrogens with one attached hydrogen (secondary N) is 1. The lowest BCUT2D eigenvalue weighted by Crippen LogP contribution is -2.20. The molecule has 3 nitrogen and oxygen atoms in total. The lowest BCUT2D eigenvalue weighted by Gasteiger charge is -2.07. The Labute approximate surface area is 105 Å². The first-order valence-corrected chi connectivity index (χ1v) is 5.97. The summed E-state index contributed by atoms with van der Waals surface area (Å²) in [6, 6.07) is 9.27. The van der Waals surface area contributed by atoms with Crippen LogP contribution in [0.15, 0.2) is 24.3 Å². The second kappa shape index (κ2) is 5.31. The highest BCUT2D eigenvalue weighted by Gasteiger charge is 2.28. The van der Waals surface area contributed by atoms with Gasteiger partial charge >= 0.3 is 0 Å². The molecule has 1 N–H and O–H groups in total. The minimum atomic E-state index is -0.172. The predicted octanol–water partition coefficient (Wildman–Crippen LogP) is 1.95. The van der Waals surface area contributed by atoms with Crippen molar-refractivity contribution in [3.63, 3.8) is 0 Å². The van der Waals surface area contributed by atoms with Gasteiger partial charge < -0.3 is 5.32 Å². The summed E-state index contributed by atoms with van der Waals surface area (Å²) in [5, 5.41) is 12.5. The summed E-state index contributed by atoms with van der Waals surface area (Å²) in [6.07, 6.45) is 1.05. The van der Waals surface area contributed by atoms with Crippen molar-refractivity contribution < 1.29 is 4.79 Å². The molecular weight excluding hydrogens is 236 g/mol. The Morgan fingerprint density at radius 2 is 2.18 bits per heavy atom. The van der Waals surface area contributed by atoms with Gasteiger partial charge in [-0.3, -0.25) is 4.79 Å². The highest BCUT2D eigenvalue weighted by atomic mass is 35.5. The van der Waals surface area contributed by atoms with Gasteiger partial charge in [0.05, 0.1) is 12.1 Å². The number of halogens is 1. The molecule has 1 heterocycles. The van der Waals surface area contributed by atoms with Crippen molar-refractivity contribution >= 4 is 17.4 Å². The van der Waals surface area contributed by atoms with Gasteiger partial charge in [-0.15, -0.1) is 0 Å². The average molecular weight is 249 g/mol. The number of carbonyl (C=O) groups is 1. The first-order valence-electron chi connectivity index (χ1n) is 5.59. The third kappa shape index (κ3) is 3.06. The van der Waals surface area contributed by atoms with Crippen LogP contribution < -0.4 is 5.32 Å². The van der Waals surface area contributed by atoms with E-state index in [-0.39, 0.29) is 17.7 Å². The fourth-order valence-corrected chi connectivity index (χ4v) is 2.15. The van der Waals surface area contributed by atoms with E-state index in [1.807, 2.05) is 12.1 Å². The maximum absolute atomic E-state index is 12.0. The van der Waals surface area contributed by atoms with Gasteiger partial charge in [0.1, 0.15) is 5.78 Å². The molecule has 88 valence electrons. The Hall–Kier alpha value is -1.37. The van der Waals surface area contributed by atoms with Crippen molar-refractivity contribution in [2.45, 2.75) is 18.9 Å². The molecule has 0 aliphatic carbocycles. The normalized spacial score (nSPS) is 23.3. The van der Waals surface area contributed by atoms with E-state index in [2.05, 4.69) is 11.4 Å². The van der Waals surface area contributed by atoms with Crippen LogP contribution in [0.25, 0.3) is 0 Å². The standard InChI is InChI=1S/C13H13ClN2O/c14-11-3-1-9(2-4-11)5-13(17)10-6-12(7-15)16-8-10/h1-4,10,12,16H,5-6,8H2. The van der Waals surface area contributed by atoms with Crippen LogP contribution >= 0.6 is 11.6 Å². The second-order valence-corrected chi connectivity index (χ2v) is 4.73. The van der Waals surface area contributed by atoms with E-state index >= 15 is 0 Å². The number of ketones is 1. The predicted molar refractivity (Wildman–Crippen MR) is 65.7 cm³/mol. The number of benzene rings is 1. The van der Waals surface area contributed by atoms with Crippen molar-refractivity contribution in [1.29, 1.82) is 5.26 Å². The number of rotatable bonds is 3. The van der Waals surface area contributed by atoms with Crippen molar-refractivity contribution in [2.75, 3.05) is 6.54 Å². The summed E-state index contributed by atoms with van der Waals surface area (Å²) in [6.45, 7) is 0.616. The van der Waals surface area contributed by atoms with Gasteiger partial charge in [-0.25, -0.2) is 0 Å². The molecule has 0 radical (unpaired) electrons. The van der Waals surface area contributed by atoms with Gasteiger partial charge in [0, 0.05) is 23.9 Å². The first-order chi connectivity index (χ1) is 8.19. The molecule has 1 aromatic carbocycles. The Morgan fingerprint density at radius 3 is 2.76 bits per heavy atom. The topological polar surface area (TPSA) is 52.9 Å². The minimum Gasteiger partial charge on any atom is -0.301 e. The first kappa shape index (κ1) is 12.1. The van der Waals surface area contributed by atoms with Crippen LogP contribution in [-0.4, -0.2) is 18.4 Å². The van der Waals surface area contributed by atoms with E-state index in [0.29, 0.717) is 24.4 Å². The van der Waals surface area contributed by atoms with E-state index in [1.54, 1.807) is 12.1 Å². The lowest BCUT2D eigenvalue weighted by molar-refractivity contribution is -0.121. The quantitative estimate of drug-likeness (QED) is 0.890. The molecule has 0 bridgehead atoms. The van der Waals surface area contributed by atoms with Crippen molar-refractivity contribution in [3.05, 3.63) is 34.9 Å². The van der Waals surface area contributed by atoms with Gasteiger partial charge in [-0.05, 0) is 24.1 Å². The zero-order valence-corrected chi connectivity index (χ0v) is 10.1. The SMILES string of the molecule is N#CC1CC(C(=O)Cc2ccc(Cl)cc2)CN1. The van der Waals surface area contributed by atoms with Crippen molar-refractivity contribution in [1.82, 2.24) is 5.32 Å². The maximum atomic E-state index is 12.0. The van der Waals surface area contributed by atoms with Crippen LogP contribution in [-0.2, 0) is 11.2 Å². The number of carbonyl (C=O) groups excluding carboxylic acids is 1. The monoisotopic (exact) mass is 248 g/mol. The fraction of sp³-hybridized carbons (Fsp3) is 0.385. The summed E-state index contributed by atoms with van der Waals surface area (Å²) >= 11 is 5.78. The lowest BCUT2D eigenvalue weighted by atomic mass is 9.96. The van der Waals surface area contributed by atoms with Crippen LogP contribution in [0.2, 0.25) is 5.02 Å². The Bertz CT molecular complexity index is 449. The van der Waals surface area contributed by atoms with Crippen LogP contribution in [0.4, 0.5) is 0 Å². The summed E-state index contributed by atoms with van der Waals surface area (Å²) in [5.41, 5.74) is 0.972. The molecule has 2 unspecified atom stereocenters. The maximum Gasteiger partial charge on any atom is 0.141 e. The van der Waals surface area contributed by atoms with E-state index < -0.39 is 0 Å². The largest absolute Gasteiger partial charge is 0.301 e. The molecule has 1 fully saturated rings. The average Bonchev–Trinajstić information content (AvgIpc) is 2.81. The summed E-state index contributed by atoms with van der Waals surface area (Å²) in [7, 11) is 0. The molecule has 17 heavy (non-hydrogen) atoms. The Kier molecular flexibility index (Phi) is 3.78. The molecule has 1 aromatic rings. The molecule has 1 aliphatic heterocycles. The molecule has 0 spiro atoms. The van der Waals surface area contributed by atoms with Crippen LogP contribution in [0.3, 0.4) is 0 Å². The summed E-state index contributed by atoms with van der Waals surface area (Å²) in [4.78, 5) is 12.0. The smallest absolute Gasteiger partial charge is 0.141 e. The number of hydrogen-bond donors (Lipinski definition) is 1. The summed E-state index contributed by atoms with van der Waals surface area (Å²) in [5.74, 6) is 0.160. The molecule has 2 rings (SSSR count). The minimum absolute atomic E-state index is 0.0321. The molecule has 4 heteroatoms. The number of nitriles is 1. The number of Topliss-reactive ketones (excluding diaryl/α,β-unsaturated/α-hetero) is 1. The number of hydrogen-bond acceptors (Lipinski definition) is 3. The van der Waals surface area contributed by atoms with Gasteiger partial charge in [-0.1, -0.05) is 23.7 Å². The Balaban J connectivity index is 1.94. The highest BCUT2D eigenvalue weighted by Crippen LogP contribution is 2.17. The van der Waals surface area contributed by atoms with E-state index in [1.165, 1.54) is 0 Å². The number of nitrogens with zero attached hydrogens (tertiary/aromatic N) is 1. The third-order valence-corrected chi connectivity index (χ3v) is 3.29. The van der Waals surface area contributed by atoms with E-state index in [9.17, 15) is 4.79 Å². The van der Waals surface area contributed by atoms with Gasteiger partial charge in [0.25, 0.3) is 0 Å². The van der Waals surface area contributed by atoms with Gasteiger partial charge in [-0.2, -0.15) is 5.26 Å². The van der Waals surface area contributed by atoms with Crippen LogP contribution in [0.1, 0.15) is 12.0 Å². The molecule has 0 saturated carbocycles. The molecule has 1 saturated heterocycles. The molecular formula is C13H13ClN2O. The van der Waals surface area contributed by atoms with E-state index in [0.717, 1.165) is 5.56 Å². The highest BCUT2D eigenvalue weighted by molar-refractivity contribution is 6.30. The fourth-order valence-electron chi connectivity index (χ4n) is 2.03. The molecule has 0 aromatic heterocycles. The molecule has 0 amide bonds. The second-order valence-electron chi connectivity index (χ2n) is 4.29. The van der Waals surface area contributed by atoms with Crippen LogP contribution in [0.5, 0.6) is 0 Å². The third-order valence-electron chi connectivity index (χ3n) is 3.03. The van der Waals surface area contributed by atoms with Crippen molar-refractivity contribution in [2.24, 2.45) is 5.92 Å². The molecule has 2 atom stereocenters. The van der Waals surface area contributed by atoms with Crippen molar-refractivity contribution in [3.8, 4) is 6.07 Å². The zero-order chi connectivity index (χ0) is 12.3. The van der Waals surface area contributed by atoms with Gasteiger partial charge in [0.2, 0.25) is 0 Å². The van der Waals surface area contributed by atoms with Gasteiger partial charge in [0.15, 0.2) is 0 Å².